The first-order valence-corrected chi connectivity index (χ1v) is 9.97. The Balaban J connectivity index is 1.72. The molecule has 2 fully saturated rings. The number of phenolic OH excluding ortho intramolecular Hbond substituents is 1. The summed E-state index contributed by atoms with van der Waals surface area (Å²) in [5.41, 5.74) is 3.87. The molecular weight excluding hydrogens is 310 g/mol. The summed E-state index contributed by atoms with van der Waals surface area (Å²) < 4.78 is 0. The van der Waals surface area contributed by atoms with Gasteiger partial charge in [-0.25, -0.2) is 0 Å². The highest BCUT2D eigenvalue weighted by Gasteiger charge is 2.57. The maximum Gasteiger partial charge on any atom is 0.119 e. The lowest BCUT2D eigenvalue weighted by molar-refractivity contribution is -0.0582. The summed E-state index contributed by atoms with van der Waals surface area (Å²) in [5.74, 6) is 2.60. The zero-order chi connectivity index (χ0) is 17.9. The van der Waals surface area contributed by atoms with Gasteiger partial charge in [-0.15, -0.1) is 0 Å². The van der Waals surface area contributed by atoms with Crippen LogP contribution in [0.25, 0.3) is 0 Å². The third kappa shape index (κ3) is 2.54. The summed E-state index contributed by atoms with van der Waals surface area (Å²) in [4.78, 5) is 2.31. The van der Waals surface area contributed by atoms with E-state index in [1.807, 2.05) is 12.1 Å². The second-order valence-electron chi connectivity index (χ2n) is 9.44. The van der Waals surface area contributed by atoms with Gasteiger partial charge in [0.2, 0.25) is 0 Å². The number of aliphatic hydroxyl groups is 1. The van der Waals surface area contributed by atoms with Crippen LogP contribution in [-0.4, -0.2) is 41.9 Å². The number of benzene rings is 1. The molecule has 0 bridgehead atoms. The van der Waals surface area contributed by atoms with Crippen LogP contribution in [-0.2, 0) is 6.42 Å². The van der Waals surface area contributed by atoms with Crippen molar-refractivity contribution in [3.8, 4) is 5.75 Å². The van der Waals surface area contributed by atoms with Gasteiger partial charge in [-0.1, -0.05) is 13.0 Å². The average molecular weight is 344 g/mol. The zero-order valence-electron chi connectivity index (χ0n) is 16.1. The van der Waals surface area contributed by atoms with Crippen molar-refractivity contribution in [3.05, 3.63) is 28.8 Å². The Labute approximate surface area is 152 Å². The van der Waals surface area contributed by atoms with Crippen LogP contribution in [0.4, 0.5) is 0 Å². The standard InChI is InChI=1S/C22H33NO2/c1-13-5-10-18(24)16-8-7-15-17-9-6-14(12-23(3)4)22(17,2)11-19(25)21(15)20(13)16/h5,10,14-15,17,19,21,24-25H,6-9,11-12H2,1-4H3/t14?,15-,17?,19?,21?,22?/m0/s1. The van der Waals surface area contributed by atoms with Crippen molar-refractivity contribution in [2.75, 3.05) is 20.6 Å². The van der Waals surface area contributed by atoms with Crippen molar-refractivity contribution in [2.45, 2.75) is 58.0 Å². The van der Waals surface area contributed by atoms with Gasteiger partial charge >= 0.3 is 0 Å². The van der Waals surface area contributed by atoms with Crippen molar-refractivity contribution in [1.82, 2.24) is 4.90 Å². The first-order chi connectivity index (χ1) is 11.8. The molecule has 0 amide bonds. The molecule has 25 heavy (non-hydrogen) atoms. The minimum absolute atomic E-state index is 0.215. The van der Waals surface area contributed by atoms with E-state index < -0.39 is 0 Å². The van der Waals surface area contributed by atoms with Crippen LogP contribution in [0.5, 0.6) is 5.75 Å². The first kappa shape index (κ1) is 17.4. The van der Waals surface area contributed by atoms with Crippen molar-refractivity contribution in [1.29, 1.82) is 0 Å². The van der Waals surface area contributed by atoms with E-state index in [9.17, 15) is 10.2 Å². The molecule has 3 nitrogen and oxygen atoms in total. The van der Waals surface area contributed by atoms with Crippen LogP contribution < -0.4 is 0 Å². The molecule has 3 heteroatoms. The number of hydrogen-bond acceptors (Lipinski definition) is 3. The van der Waals surface area contributed by atoms with E-state index in [0.717, 1.165) is 31.4 Å². The lowest BCUT2D eigenvalue weighted by atomic mass is 9.52. The van der Waals surface area contributed by atoms with Crippen molar-refractivity contribution < 1.29 is 10.2 Å². The minimum atomic E-state index is -0.284. The molecule has 1 aromatic carbocycles. The van der Waals surface area contributed by atoms with E-state index in [0.29, 0.717) is 23.5 Å². The second-order valence-corrected chi connectivity index (χ2v) is 9.44. The maximum absolute atomic E-state index is 11.2. The van der Waals surface area contributed by atoms with Gasteiger partial charge in [-0.2, -0.15) is 0 Å². The van der Waals surface area contributed by atoms with Crippen molar-refractivity contribution >= 4 is 0 Å². The van der Waals surface area contributed by atoms with Crippen LogP contribution in [0.1, 0.15) is 55.2 Å². The van der Waals surface area contributed by atoms with E-state index in [1.54, 1.807) is 0 Å². The monoisotopic (exact) mass is 343 g/mol. The summed E-state index contributed by atoms with van der Waals surface area (Å²) >= 11 is 0. The Kier molecular flexibility index (Phi) is 4.16. The Morgan fingerprint density at radius 1 is 1.20 bits per heavy atom. The Morgan fingerprint density at radius 2 is 1.96 bits per heavy atom. The van der Waals surface area contributed by atoms with Gasteiger partial charge in [0, 0.05) is 12.5 Å². The second kappa shape index (κ2) is 5.99. The summed E-state index contributed by atoms with van der Waals surface area (Å²) in [6, 6.07) is 3.86. The van der Waals surface area contributed by atoms with Crippen LogP contribution >= 0.6 is 0 Å². The number of aliphatic hydroxyl groups excluding tert-OH is 1. The van der Waals surface area contributed by atoms with E-state index in [-0.39, 0.29) is 17.4 Å². The van der Waals surface area contributed by atoms with E-state index >= 15 is 0 Å². The maximum atomic E-state index is 11.2. The van der Waals surface area contributed by atoms with Crippen molar-refractivity contribution in [2.24, 2.45) is 23.2 Å². The van der Waals surface area contributed by atoms with E-state index in [1.165, 1.54) is 24.0 Å². The van der Waals surface area contributed by atoms with E-state index in [4.69, 9.17) is 0 Å². The lowest BCUT2D eigenvalue weighted by Gasteiger charge is -2.53. The number of rotatable bonds is 2. The largest absolute Gasteiger partial charge is 0.508 e. The molecule has 3 aliphatic rings. The van der Waals surface area contributed by atoms with Crippen LogP contribution in [0.2, 0.25) is 0 Å². The molecule has 0 spiro atoms. The van der Waals surface area contributed by atoms with Crippen LogP contribution in [0.3, 0.4) is 0 Å². The highest BCUT2D eigenvalue weighted by Crippen LogP contribution is 2.63. The topological polar surface area (TPSA) is 43.7 Å². The van der Waals surface area contributed by atoms with Gasteiger partial charge in [0.1, 0.15) is 5.75 Å². The van der Waals surface area contributed by atoms with Gasteiger partial charge in [0.15, 0.2) is 0 Å². The molecule has 138 valence electrons. The molecule has 4 rings (SSSR count). The van der Waals surface area contributed by atoms with Gasteiger partial charge in [-0.05, 0) is 99.0 Å². The fraction of sp³-hybridized carbons (Fsp3) is 0.727. The molecule has 3 aliphatic carbocycles. The fourth-order valence-electron chi connectivity index (χ4n) is 6.81. The summed E-state index contributed by atoms with van der Waals surface area (Å²) in [7, 11) is 4.34. The third-order valence-corrected chi connectivity index (χ3v) is 7.84. The quantitative estimate of drug-likeness (QED) is 0.860. The Bertz CT molecular complexity index is 670. The smallest absolute Gasteiger partial charge is 0.119 e. The molecule has 1 aromatic rings. The van der Waals surface area contributed by atoms with Crippen LogP contribution in [0, 0.1) is 30.1 Å². The zero-order valence-corrected chi connectivity index (χ0v) is 16.1. The molecular formula is C22H33NO2. The van der Waals surface area contributed by atoms with E-state index in [2.05, 4.69) is 32.8 Å². The molecule has 0 aromatic heterocycles. The highest BCUT2D eigenvalue weighted by molar-refractivity contribution is 5.49. The summed E-state index contributed by atoms with van der Waals surface area (Å²) in [6.07, 6.45) is 5.29. The van der Waals surface area contributed by atoms with Gasteiger partial charge in [-0.3, -0.25) is 0 Å². The average Bonchev–Trinajstić information content (AvgIpc) is 2.86. The molecule has 0 saturated heterocycles. The lowest BCUT2D eigenvalue weighted by Crippen LogP contribution is -2.50. The molecule has 0 heterocycles. The molecule has 5 unspecified atom stereocenters. The first-order valence-electron chi connectivity index (χ1n) is 9.97. The van der Waals surface area contributed by atoms with Crippen LogP contribution in [0.15, 0.2) is 12.1 Å². The van der Waals surface area contributed by atoms with Gasteiger partial charge in [0.25, 0.3) is 0 Å². The molecule has 0 radical (unpaired) electrons. The number of aryl methyl sites for hydroxylation is 1. The van der Waals surface area contributed by atoms with Gasteiger partial charge < -0.3 is 15.1 Å². The number of phenols is 1. The molecule has 6 atom stereocenters. The number of hydrogen-bond donors (Lipinski definition) is 2. The summed E-state index contributed by atoms with van der Waals surface area (Å²) in [5, 5.41) is 21.6. The molecule has 2 saturated carbocycles. The Hall–Kier alpha value is -1.06. The predicted molar refractivity (Wildman–Crippen MR) is 101 cm³/mol. The Morgan fingerprint density at radius 3 is 2.68 bits per heavy atom. The summed E-state index contributed by atoms with van der Waals surface area (Å²) in [6.45, 7) is 5.72. The highest BCUT2D eigenvalue weighted by atomic mass is 16.3. The predicted octanol–water partition coefficient (Wildman–Crippen LogP) is 3.71. The fourth-order valence-corrected chi connectivity index (χ4v) is 6.81. The number of fused-ring (bicyclic) bond motifs is 5. The normalized spacial score (nSPS) is 39.8. The SMILES string of the molecule is Cc1ccc(O)c2c1C1C(O)CC3(C)C(CN(C)C)CCC3[C@@H]1CC2. The third-order valence-electron chi connectivity index (χ3n) is 7.84. The molecule has 2 N–H and O–H groups in total. The number of aromatic hydroxyl groups is 1. The van der Waals surface area contributed by atoms with Crippen molar-refractivity contribution in [3.63, 3.8) is 0 Å². The minimum Gasteiger partial charge on any atom is -0.508 e. The molecule has 0 aliphatic heterocycles. The van der Waals surface area contributed by atoms with Gasteiger partial charge in [0.05, 0.1) is 6.10 Å². The number of nitrogens with zero attached hydrogens (tertiary/aromatic N) is 1.